The molecule has 0 radical (unpaired) electrons. The number of hydrogen-bond donors (Lipinski definition) is 0. The fraction of sp³-hybridized carbons (Fsp3) is 0.480. The topological polar surface area (TPSA) is 75.9 Å². The first-order valence-electron chi connectivity index (χ1n) is 11.2. The zero-order valence-corrected chi connectivity index (χ0v) is 19.3. The smallest absolute Gasteiger partial charge is 0.269 e. The zero-order chi connectivity index (χ0) is 23.1. The highest BCUT2D eigenvalue weighted by Gasteiger charge is 2.19. The van der Waals surface area contributed by atoms with Gasteiger partial charge < -0.3 is 9.64 Å². The standard InChI is InChI=1S/C25H33N3O4/c1-25(2,3)22-9-7-21(8-10-22)24(29)27(14-4-13-26-15-17-32-18-16-26)19-20-5-11-23(12-6-20)28(30)31/h5-12H,4,13-19H2,1-3H3. The Labute approximate surface area is 190 Å². The summed E-state index contributed by atoms with van der Waals surface area (Å²) >= 11 is 0. The summed E-state index contributed by atoms with van der Waals surface area (Å²) in [4.78, 5) is 28.1. The van der Waals surface area contributed by atoms with Gasteiger partial charge in [-0.2, -0.15) is 0 Å². The first kappa shape index (κ1) is 23.9. The van der Waals surface area contributed by atoms with Crippen LogP contribution in [0.4, 0.5) is 5.69 Å². The van der Waals surface area contributed by atoms with Crippen LogP contribution in [-0.2, 0) is 16.7 Å². The number of non-ortho nitro benzene ring substituents is 1. The zero-order valence-electron chi connectivity index (χ0n) is 19.3. The fourth-order valence-electron chi connectivity index (χ4n) is 3.80. The van der Waals surface area contributed by atoms with Gasteiger partial charge in [0, 0.05) is 50.4 Å². The predicted octanol–water partition coefficient (Wildman–Crippen LogP) is 4.26. The van der Waals surface area contributed by atoms with Gasteiger partial charge >= 0.3 is 0 Å². The third kappa shape index (κ3) is 6.61. The summed E-state index contributed by atoms with van der Waals surface area (Å²) in [6, 6.07) is 14.3. The normalized spacial score (nSPS) is 14.8. The van der Waals surface area contributed by atoms with Crippen molar-refractivity contribution in [1.29, 1.82) is 0 Å². The van der Waals surface area contributed by atoms with Crippen molar-refractivity contribution >= 4 is 11.6 Å². The average Bonchev–Trinajstić information content (AvgIpc) is 2.78. The molecule has 172 valence electrons. The van der Waals surface area contributed by atoms with Crippen LogP contribution in [0.5, 0.6) is 0 Å². The Morgan fingerprint density at radius 1 is 1.06 bits per heavy atom. The summed E-state index contributed by atoms with van der Waals surface area (Å²) in [5.41, 5.74) is 2.80. The molecule has 0 N–H and O–H groups in total. The number of ether oxygens (including phenoxy) is 1. The minimum Gasteiger partial charge on any atom is -0.379 e. The lowest BCUT2D eigenvalue weighted by atomic mass is 9.86. The van der Waals surface area contributed by atoms with E-state index in [1.807, 2.05) is 29.2 Å². The third-order valence-electron chi connectivity index (χ3n) is 5.81. The lowest BCUT2D eigenvalue weighted by molar-refractivity contribution is -0.384. The van der Waals surface area contributed by atoms with Crippen LogP contribution < -0.4 is 0 Å². The first-order valence-corrected chi connectivity index (χ1v) is 11.2. The van der Waals surface area contributed by atoms with Gasteiger partial charge in [-0.05, 0) is 35.1 Å². The van der Waals surface area contributed by atoms with Gasteiger partial charge in [0.2, 0.25) is 0 Å². The Hall–Kier alpha value is -2.77. The molecule has 1 amide bonds. The van der Waals surface area contributed by atoms with Gasteiger partial charge in [0.15, 0.2) is 0 Å². The number of rotatable bonds is 8. The third-order valence-corrected chi connectivity index (χ3v) is 5.81. The summed E-state index contributed by atoms with van der Waals surface area (Å²) in [5, 5.41) is 10.9. The monoisotopic (exact) mass is 439 g/mol. The van der Waals surface area contributed by atoms with Gasteiger partial charge in [-0.15, -0.1) is 0 Å². The molecule has 1 heterocycles. The predicted molar refractivity (Wildman–Crippen MR) is 125 cm³/mol. The fourth-order valence-corrected chi connectivity index (χ4v) is 3.80. The number of nitro benzene ring substituents is 1. The molecule has 0 saturated carbocycles. The van der Waals surface area contributed by atoms with Gasteiger partial charge in [-0.3, -0.25) is 19.8 Å². The number of carbonyl (C=O) groups is 1. The van der Waals surface area contributed by atoms with E-state index in [2.05, 4.69) is 25.7 Å². The number of amides is 1. The molecule has 1 saturated heterocycles. The first-order chi connectivity index (χ1) is 15.2. The number of benzene rings is 2. The molecule has 32 heavy (non-hydrogen) atoms. The Morgan fingerprint density at radius 3 is 2.25 bits per heavy atom. The number of carbonyl (C=O) groups excluding carboxylic acids is 1. The quantitative estimate of drug-likeness (QED) is 0.454. The second-order valence-corrected chi connectivity index (χ2v) is 9.29. The molecule has 7 nitrogen and oxygen atoms in total. The van der Waals surface area contributed by atoms with Crippen LogP contribution in [0.2, 0.25) is 0 Å². The van der Waals surface area contributed by atoms with Gasteiger partial charge in [0.25, 0.3) is 11.6 Å². The second kappa shape index (κ2) is 10.7. The molecule has 1 fully saturated rings. The number of hydrogen-bond acceptors (Lipinski definition) is 5. The molecule has 2 aromatic carbocycles. The van der Waals surface area contributed by atoms with E-state index in [9.17, 15) is 14.9 Å². The van der Waals surface area contributed by atoms with Crippen molar-refractivity contribution in [3.8, 4) is 0 Å². The van der Waals surface area contributed by atoms with Crippen molar-refractivity contribution in [3.63, 3.8) is 0 Å². The highest BCUT2D eigenvalue weighted by Crippen LogP contribution is 2.23. The summed E-state index contributed by atoms with van der Waals surface area (Å²) in [5.74, 6) is -0.0224. The lowest BCUT2D eigenvalue weighted by Gasteiger charge is -2.28. The van der Waals surface area contributed by atoms with E-state index in [-0.39, 0.29) is 17.0 Å². The molecule has 0 bridgehead atoms. The molecule has 7 heteroatoms. The second-order valence-electron chi connectivity index (χ2n) is 9.29. The van der Waals surface area contributed by atoms with Gasteiger partial charge in [0.05, 0.1) is 18.1 Å². The molecular formula is C25H33N3O4. The molecule has 0 spiro atoms. The van der Waals surface area contributed by atoms with Crippen LogP contribution in [0.15, 0.2) is 48.5 Å². The molecule has 0 atom stereocenters. The van der Waals surface area contributed by atoms with Crippen molar-refractivity contribution in [2.45, 2.75) is 39.2 Å². The SMILES string of the molecule is CC(C)(C)c1ccc(C(=O)N(CCCN2CCOCC2)Cc2ccc([N+](=O)[O-])cc2)cc1. The average molecular weight is 440 g/mol. The van der Waals surface area contributed by atoms with Crippen LogP contribution in [0.25, 0.3) is 0 Å². The van der Waals surface area contributed by atoms with Gasteiger partial charge in [-0.1, -0.05) is 45.0 Å². The van der Waals surface area contributed by atoms with E-state index in [4.69, 9.17) is 4.74 Å². The van der Waals surface area contributed by atoms with Crippen LogP contribution in [0.3, 0.4) is 0 Å². The molecule has 0 unspecified atom stereocenters. The molecule has 0 aliphatic carbocycles. The molecule has 0 aromatic heterocycles. The van der Waals surface area contributed by atoms with E-state index in [1.165, 1.54) is 17.7 Å². The maximum atomic E-state index is 13.4. The van der Waals surface area contributed by atoms with Crippen LogP contribution in [0.1, 0.15) is 48.7 Å². The van der Waals surface area contributed by atoms with Crippen molar-refractivity contribution in [2.24, 2.45) is 0 Å². The van der Waals surface area contributed by atoms with Crippen molar-refractivity contribution in [3.05, 3.63) is 75.3 Å². The van der Waals surface area contributed by atoms with E-state index >= 15 is 0 Å². The maximum absolute atomic E-state index is 13.4. The molecule has 3 rings (SSSR count). The summed E-state index contributed by atoms with van der Waals surface area (Å²) < 4.78 is 5.41. The van der Waals surface area contributed by atoms with Gasteiger partial charge in [0.1, 0.15) is 0 Å². The number of nitrogens with zero attached hydrogens (tertiary/aromatic N) is 3. The molecule has 2 aromatic rings. The van der Waals surface area contributed by atoms with Crippen LogP contribution >= 0.6 is 0 Å². The minimum atomic E-state index is -0.411. The number of morpholine rings is 1. The Bertz CT molecular complexity index is 898. The van der Waals surface area contributed by atoms with Crippen molar-refractivity contribution in [2.75, 3.05) is 39.4 Å². The summed E-state index contributed by atoms with van der Waals surface area (Å²) in [6.45, 7) is 11.8. The summed E-state index contributed by atoms with van der Waals surface area (Å²) in [6.07, 6.45) is 0.860. The van der Waals surface area contributed by atoms with E-state index < -0.39 is 4.92 Å². The Balaban J connectivity index is 1.72. The Kier molecular flexibility index (Phi) is 7.99. The highest BCUT2D eigenvalue weighted by molar-refractivity contribution is 5.94. The van der Waals surface area contributed by atoms with E-state index in [0.717, 1.165) is 44.8 Å². The largest absolute Gasteiger partial charge is 0.379 e. The van der Waals surface area contributed by atoms with E-state index in [0.29, 0.717) is 18.7 Å². The van der Waals surface area contributed by atoms with Gasteiger partial charge in [-0.25, -0.2) is 0 Å². The van der Waals surface area contributed by atoms with Crippen molar-refractivity contribution in [1.82, 2.24) is 9.80 Å². The summed E-state index contributed by atoms with van der Waals surface area (Å²) in [7, 11) is 0. The Morgan fingerprint density at radius 2 is 1.69 bits per heavy atom. The minimum absolute atomic E-state index is 0.0224. The number of nitro groups is 1. The van der Waals surface area contributed by atoms with Crippen molar-refractivity contribution < 1.29 is 14.5 Å². The van der Waals surface area contributed by atoms with E-state index in [1.54, 1.807) is 12.1 Å². The highest BCUT2D eigenvalue weighted by atomic mass is 16.6. The lowest BCUT2D eigenvalue weighted by Crippen LogP contribution is -2.39. The van der Waals surface area contributed by atoms with Crippen LogP contribution in [-0.4, -0.2) is 60.0 Å². The molecular weight excluding hydrogens is 406 g/mol. The molecule has 1 aliphatic heterocycles. The maximum Gasteiger partial charge on any atom is 0.269 e. The van der Waals surface area contributed by atoms with Crippen LogP contribution in [0, 0.1) is 10.1 Å². The molecule has 1 aliphatic rings.